The van der Waals surface area contributed by atoms with Gasteiger partial charge in [0.1, 0.15) is 17.0 Å². The zero-order chi connectivity index (χ0) is 23.0. The van der Waals surface area contributed by atoms with E-state index in [1.54, 1.807) is 24.3 Å². The molecule has 2 unspecified atom stereocenters. The van der Waals surface area contributed by atoms with Crippen LogP contribution in [-0.2, 0) is 14.6 Å². The maximum atomic E-state index is 12.9. The number of fused-ring (bicyclic) bond motifs is 1. The van der Waals surface area contributed by atoms with Gasteiger partial charge in [-0.25, -0.2) is 27.9 Å². The molecule has 170 valence electrons. The van der Waals surface area contributed by atoms with Crippen molar-refractivity contribution in [3.63, 3.8) is 0 Å². The molecule has 3 amide bonds. The molecule has 11 nitrogen and oxygen atoms in total. The van der Waals surface area contributed by atoms with Gasteiger partial charge < -0.3 is 20.1 Å². The standard InChI is InChI=1S/C19H21N5O6S2/c1-11-3-5-12(6-4-11)32(27,28)13-7-8-23(9-13)18(26)30-19-24(17(20)25)14-15(29-2)21-10-22-16(14)31-19/h3-6,10,13,19H,7-9H2,1-2H3,(H2,20,25). The summed E-state index contributed by atoms with van der Waals surface area (Å²) in [5.41, 5.74) is 5.54. The number of thioether (sulfide) groups is 1. The number of aromatic nitrogens is 2. The van der Waals surface area contributed by atoms with Gasteiger partial charge in [-0.2, -0.15) is 4.98 Å². The first-order valence-electron chi connectivity index (χ1n) is 9.63. The monoisotopic (exact) mass is 479 g/mol. The largest absolute Gasteiger partial charge is 0.479 e. The van der Waals surface area contributed by atoms with Gasteiger partial charge in [0, 0.05) is 13.1 Å². The number of benzene rings is 1. The zero-order valence-corrected chi connectivity index (χ0v) is 18.9. The van der Waals surface area contributed by atoms with Crippen molar-refractivity contribution in [2.45, 2.75) is 34.1 Å². The van der Waals surface area contributed by atoms with Gasteiger partial charge in [0.05, 0.1) is 17.3 Å². The lowest BCUT2D eigenvalue weighted by molar-refractivity contribution is 0.102. The first-order valence-corrected chi connectivity index (χ1v) is 12.1. The Morgan fingerprint density at radius 1 is 1.22 bits per heavy atom. The molecule has 1 saturated heterocycles. The summed E-state index contributed by atoms with van der Waals surface area (Å²) in [6.07, 6.45) is 0.784. The van der Waals surface area contributed by atoms with Crippen molar-refractivity contribution in [3.05, 3.63) is 36.2 Å². The predicted octanol–water partition coefficient (Wildman–Crippen LogP) is 1.75. The molecule has 0 spiro atoms. The Kier molecular flexibility index (Phi) is 5.86. The number of primary amides is 1. The molecule has 32 heavy (non-hydrogen) atoms. The predicted molar refractivity (Wildman–Crippen MR) is 115 cm³/mol. The van der Waals surface area contributed by atoms with Gasteiger partial charge in [-0.05, 0) is 37.2 Å². The zero-order valence-electron chi connectivity index (χ0n) is 17.3. The second kappa shape index (κ2) is 8.47. The number of urea groups is 1. The van der Waals surface area contributed by atoms with E-state index in [0.29, 0.717) is 5.03 Å². The number of carbonyl (C=O) groups is 2. The third-order valence-corrected chi connectivity index (χ3v) is 8.47. The molecule has 0 bridgehead atoms. The SMILES string of the molecule is COc1ncnc2c1N(C(N)=O)C(OC(=O)N1CCC(S(=O)(=O)c3ccc(C)cc3)C1)S2. The number of methoxy groups -OCH3 is 1. The molecule has 1 aromatic carbocycles. The van der Waals surface area contributed by atoms with Crippen molar-refractivity contribution in [1.82, 2.24) is 14.9 Å². The van der Waals surface area contributed by atoms with Crippen LogP contribution in [-0.4, -0.2) is 66.4 Å². The lowest BCUT2D eigenvalue weighted by Crippen LogP contribution is -2.44. The molecule has 2 aromatic rings. The number of hydrogen-bond acceptors (Lipinski definition) is 9. The highest BCUT2D eigenvalue weighted by molar-refractivity contribution is 8.00. The highest BCUT2D eigenvalue weighted by atomic mass is 32.2. The number of carbonyl (C=O) groups excluding carboxylic acids is 2. The van der Waals surface area contributed by atoms with E-state index in [1.807, 2.05) is 6.92 Å². The second-order valence-corrected chi connectivity index (χ2v) is 10.5. The van der Waals surface area contributed by atoms with Crippen LogP contribution >= 0.6 is 11.8 Å². The summed E-state index contributed by atoms with van der Waals surface area (Å²) in [4.78, 5) is 35.4. The third kappa shape index (κ3) is 3.93. The van der Waals surface area contributed by atoms with Crippen molar-refractivity contribution < 1.29 is 27.5 Å². The van der Waals surface area contributed by atoms with Crippen LogP contribution in [0.2, 0.25) is 0 Å². The van der Waals surface area contributed by atoms with Crippen LogP contribution in [0.3, 0.4) is 0 Å². The number of nitrogens with zero attached hydrogens (tertiary/aromatic N) is 4. The average Bonchev–Trinajstić information content (AvgIpc) is 3.39. The minimum absolute atomic E-state index is 0.0148. The van der Waals surface area contributed by atoms with E-state index in [4.69, 9.17) is 15.2 Å². The van der Waals surface area contributed by atoms with E-state index in [1.165, 1.54) is 18.3 Å². The molecule has 2 aliphatic rings. The molecular formula is C19H21N5O6S2. The van der Waals surface area contributed by atoms with Gasteiger partial charge in [0.15, 0.2) is 9.84 Å². The Labute approximate surface area is 188 Å². The van der Waals surface area contributed by atoms with Gasteiger partial charge in [0.2, 0.25) is 11.4 Å². The Balaban J connectivity index is 1.47. The number of hydrogen-bond donors (Lipinski definition) is 1. The molecule has 2 aliphatic heterocycles. The maximum absolute atomic E-state index is 12.9. The highest BCUT2D eigenvalue weighted by Crippen LogP contribution is 2.46. The molecule has 0 saturated carbocycles. The van der Waals surface area contributed by atoms with E-state index in [0.717, 1.165) is 22.2 Å². The topological polar surface area (TPSA) is 145 Å². The summed E-state index contributed by atoms with van der Waals surface area (Å²) in [7, 11) is -2.22. The minimum Gasteiger partial charge on any atom is -0.479 e. The highest BCUT2D eigenvalue weighted by Gasteiger charge is 2.43. The van der Waals surface area contributed by atoms with Crippen LogP contribution in [0.4, 0.5) is 15.3 Å². The number of sulfone groups is 1. The number of likely N-dealkylation sites (tertiary alicyclic amines) is 1. The maximum Gasteiger partial charge on any atom is 0.412 e. The van der Waals surface area contributed by atoms with E-state index < -0.39 is 32.8 Å². The van der Waals surface area contributed by atoms with Gasteiger partial charge in [-0.3, -0.25) is 0 Å². The molecule has 1 fully saturated rings. The number of nitrogens with two attached hydrogens (primary N) is 1. The molecular weight excluding hydrogens is 458 g/mol. The fraction of sp³-hybridized carbons (Fsp3) is 0.368. The summed E-state index contributed by atoms with van der Waals surface area (Å²) in [5.74, 6) is 0.116. The van der Waals surface area contributed by atoms with Crippen LogP contribution in [0.15, 0.2) is 40.5 Å². The van der Waals surface area contributed by atoms with Crippen molar-refractivity contribution >= 4 is 39.4 Å². The van der Waals surface area contributed by atoms with Crippen LogP contribution in [0, 0.1) is 6.92 Å². The van der Waals surface area contributed by atoms with Gasteiger partial charge in [-0.1, -0.05) is 17.7 Å². The number of ether oxygens (including phenoxy) is 2. The molecule has 0 radical (unpaired) electrons. The van der Waals surface area contributed by atoms with Crippen molar-refractivity contribution in [3.8, 4) is 5.88 Å². The van der Waals surface area contributed by atoms with E-state index in [9.17, 15) is 18.0 Å². The third-order valence-electron chi connectivity index (χ3n) is 5.24. The number of aryl methyl sites for hydroxylation is 1. The van der Waals surface area contributed by atoms with Crippen LogP contribution < -0.4 is 15.4 Å². The second-order valence-electron chi connectivity index (χ2n) is 7.27. The van der Waals surface area contributed by atoms with Gasteiger partial charge in [0.25, 0.3) is 0 Å². The summed E-state index contributed by atoms with van der Waals surface area (Å²) in [6.45, 7) is 2.07. The normalized spacial score (nSPS) is 20.2. The Bertz CT molecular complexity index is 1160. The Morgan fingerprint density at radius 3 is 2.59 bits per heavy atom. The summed E-state index contributed by atoms with van der Waals surface area (Å²) in [5, 5.41) is -0.376. The summed E-state index contributed by atoms with van der Waals surface area (Å²) >= 11 is 1.000. The molecule has 3 heterocycles. The lowest BCUT2D eigenvalue weighted by atomic mass is 10.2. The quantitative estimate of drug-likeness (QED) is 0.648. The number of amides is 3. The first-order chi connectivity index (χ1) is 15.2. The van der Waals surface area contributed by atoms with E-state index >= 15 is 0 Å². The summed E-state index contributed by atoms with van der Waals surface area (Å²) in [6, 6.07) is 5.73. The molecule has 1 aromatic heterocycles. The Morgan fingerprint density at radius 2 is 1.94 bits per heavy atom. The molecule has 2 N–H and O–H groups in total. The summed E-state index contributed by atoms with van der Waals surface area (Å²) < 4.78 is 36.5. The van der Waals surface area contributed by atoms with Gasteiger partial charge in [-0.15, -0.1) is 0 Å². The van der Waals surface area contributed by atoms with Gasteiger partial charge >= 0.3 is 12.1 Å². The average molecular weight is 480 g/mol. The lowest BCUT2D eigenvalue weighted by Gasteiger charge is -2.25. The molecule has 4 rings (SSSR count). The fourth-order valence-electron chi connectivity index (χ4n) is 3.56. The van der Waals surface area contributed by atoms with Crippen molar-refractivity contribution in [2.75, 3.05) is 25.1 Å². The van der Waals surface area contributed by atoms with Crippen molar-refractivity contribution in [2.24, 2.45) is 5.73 Å². The number of anilines is 1. The number of rotatable bonds is 4. The molecule has 0 aliphatic carbocycles. The van der Waals surface area contributed by atoms with Crippen LogP contribution in [0.25, 0.3) is 0 Å². The Hall–Kier alpha value is -3.06. The minimum atomic E-state index is -3.60. The van der Waals surface area contributed by atoms with E-state index in [-0.39, 0.29) is 36.0 Å². The van der Waals surface area contributed by atoms with E-state index in [2.05, 4.69) is 9.97 Å². The molecule has 13 heteroatoms. The van der Waals surface area contributed by atoms with Crippen LogP contribution in [0.5, 0.6) is 5.88 Å². The fourth-order valence-corrected chi connectivity index (χ4v) is 6.30. The smallest absolute Gasteiger partial charge is 0.412 e. The van der Waals surface area contributed by atoms with Crippen molar-refractivity contribution in [1.29, 1.82) is 0 Å². The van der Waals surface area contributed by atoms with Crippen LogP contribution in [0.1, 0.15) is 12.0 Å². The first kappa shape index (κ1) is 22.1. The molecule has 2 atom stereocenters.